The zero-order chi connectivity index (χ0) is 13.2. The molecule has 1 rings (SSSR count). The van der Waals surface area contributed by atoms with Crippen molar-refractivity contribution in [1.82, 2.24) is 0 Å². The second-order valence-corrected chi connectivity index (χ2v) is 3.50. The number of hydrogen-bond donors (Lipinski definition) is 0. The molecule has 0 saturated heterocycles. The molecule has 0 aliphatic rings. The topological polar surface area (TPSA) is 15.6 Å². The summed E-state index contributed by atoms with van der Waals surface area (Å²) in [5, 5.41) is 0. The predicted octanol–water partition coefficient (Wildman–Crippen LogP) is 1.81. The monoisotopic (exact) mass is 234 g/mol. The largest absolute Gasteiger partial charge is 0.349 e. The van der Waals surface area contributed by atoms with Crippen LogP contribution in [0.15, 0.2) is 29.3 Å². The number of para-hydroxylation sites is 1. The maximum atomic E-state index is 5.35. The summed E-state index contributed by atoms with van der Waals surface area (Å²) in [6.07, 6.45) is 17.6. The highest BCUT2D eigenvalue weighted by Gasteiger charge is 2.07. The van der Waals surface area contributed by atoms with E-state index in [0.29, 0.717) is 19.6 Å². The van der Waals surface area contributed by atoms with Gasteiger partial charge in [0.05, 0.1) is 19.6 Å². The Morgan fingerprint density at radius 3 is 2.33 bits per heavy atom. The Kier molecular flexibility index (Phi) is 5.68. The molecular formula is C16H14N2. The average molecular weight is 234 g/mol. The smallest absolute Gasteiger partial charge is 0.0995 e. The zero-order valence-corrected chi connectivity index (χ0v) is 10.1. The molecule has 0 radical (unpaired) electrons. The van der Waals surface area contributed by atoms with Crippen LogP contribution in [0.25, 0.3) is 0 Å². The van der Waals surface area contributed by atoms with Gasteiger partial charge < -0.3 is 4.90 Å². The molecular weight excluding hydrogens is 220 g/mol. The van der Waals surface area contributed by atoms with E-state index in [9.17, 15) is 0 Å². The number of hydrogen-bond acceptors (Lipinski definition) is 2. The summed E-state index contributed by atoms with van der Waals surface area (Å²) < 4.78 is 0. The molecule has 0 bridgehead atoms. The van der Waals surface area contributed by atoms with E-state index in [-0.39, 0.29) is 0 Å². The van der Waals surface area contributed by atoms with Gasteiger partial charge in [-0.1, -0.05) is 36.0 Å². The number of benzene rings is 1. The lowest BCUT2D eigenvalue weighted by Crippen LogP contribution is -2.24. The van der Waals surface area contributed by atoms with Gasteiger partial charge in [0.1, 0.15) is 0 Å². The minimum absolute atomic E-state index is 0.360. The molecule has 18 heavy (non-hydrogen) atoms. The summed E-state index contributed by atoms with van der Waals surface area (Å²) in [5.41, 5.74) is 1.92. The summed E-state index contributed by atoms with van der Waals surface area (Å²) in [6.45, 7) is 1.28. The molecule has 0 aliphatic heterocycles. The van der Waals surface area contributed by atoms with Gasteiger partial charge in [0.15, 0.2) is 0 Å². The Hall–Kier alpha value is -2.63. The van der Waals surface area contributed by atoms with Gasteiger partial charge in [0.2, 0.25) is 0 Å². The fraction of sp³-hybridized carbons (Fsp3) is 0.188. The maximum Gasteiger partial charge on any atom is 0.0995 e. The normalized spacial score (nSPS) is 9.39. The third kappa shape index (κ3) is 3.75. The van der Waals surface area contributed by atoms with Crippen LogP contribution in [-0.2, 0) is 0 Å². The van der Waals surface area contributed by atoms with Crippen LogP contribution in [-0.4, -0.2) is 25.8 Å². The van der Waals surface area contributed by atoms with Crippen molar-refractivity contribution in [3.05, 3.63) is 29.8 Å². The molecule has 0 saturated carbocycles. The Bertz CT molecular complexity index is 519. The molecule has 2 heteroatoms. The summed E-state index contributed by atoms with van der Waals surface area (Å²) in [4.78, 5) is 6.07. The predicted molar refractivity (Wildman–Crippen MR) is 77.6 cm³/mol. The highest BCUT2D eigenvalue weighted by atomic mass is 15.1. The van der Waals surface area contributed by atoms with Crippen molar-refractivity contribution in [1.29, 1.82) is 0 Å². The molecule has 0 spiro atoms. The van der Waals surface area contributed by atoms with Crippen LogP contribution in [0.4, 0.5) is 5.69 Å². The molecule has 2 nitrogen and oxygen atoms in total. The summed E-state index contributed by atoms with van der Waals surface area (Å²) in [7, 11) is 0. The van der Waals surface area contributed by atoms with Crippen LogP contribution in [0.2, 0.25) is 0 Å². The molecule has 0 N–H and O–H groups in total. The molecule has 0 fully saturated rings. The van der Waals surface area contributed by atoms with Crippen LogP contribution in [0.1, 0.15) is 5.56 Å². The van der Waals surface area contributed by atoms with Gasteiger partial charge in [0, 0.05) is 17.5 Å². The standard InChI is InChI=1S/C16H14N2/c1-4-11-17-14-15-9-7-8-10-16(15)18(12-5-2)13-6-3/h1-3,7-10,14H,11-13H2. The Morgan fingerprint density at radius 1 is 1.06 bits per heavy atom. The molecule has 0 aliphatic carbocycles. The van der Waals surface area contributed by atoms with Gasteiger partial charge in [-0.25, -0.2) is 0 Å². The van der Waals surface area contributed by atoms with Crippen molar-refractivity contribution < 1.29 is 0 Å². The van der Waals surface area contributed by atoms with Crippen LogP contribution >= 0.6 is 0 Å². The van der Waals surface area contributed by atoms with Gasteiger partial charge in [-0.05, 0) is 6.07 Å². The van der Waals surface area contributed by atoms with Gasteiger partial charge in [-0.2, -0.15) is 0 Å². The first-order valence-corrected chi connectivity index (χ1v) is 5.47. The van der Waals surface area contributed by atoms with E-state index in [4.69, 9.17) is 19.3 Å². The van der Waals surface area contributed by atoms with E-state index in [1.165, 1.54) is 0 Å². The first kappa shape index (κ1) is 13.4. The molecule has 0 atom stereocenters. The number of aliphatic imine (C=N–C) groups is 1. The first-order valence-electron chi connectivity index (χ1n) is 5.47. The number of terminal acetylenes is 3. The highest BCUT2D eigenvalue weighted by Crippen LogP contribution is 2.18. The van der Waals surface area contributed by atoms with E-state index in [0.717, 1.165) is 11.3 Å². The number of anilines is 1. The third-order valence-corrected chi connectivity index (χ3v) is 2.25. The van der Waals surface area contributed by atoms with Crippen LogP contribution in [0, 0.1) is 37.0 Å². The number of nitrogens with zero attached hydrogens (tertiary/aromatic N) is 2. The van der Waals surface area contributed by atoms with Crippen molar-refractivity contribution in [2.45, 2.75) is 0 Å². The van der Waals surface area contributed by atoms with Crippen molar-refractivity contribution in [3.8, 4) is 37.0 Å². The third-order valence-electron chi connectivity index (χ3n) is 2.25. The molecule has 88 valence electrons. The second kappa shape index (κ2) is 7.61. The summed E-state index contributed by atoms with van der Waals surface area (Å²) in [5.74, 6) is 7.66. The lowest BCUT2D eigenvalue weighted by Gasteiger charge is -2.21. The molecule has 0 unspecified atom stereocenters. The van der Waals surface area contributed by atoms with Crippen molar-refractivity contribution in [3.63, 3.8) is 0 Å². The minimum Gasteiger partial charge on any atom is -0.349 e. The van der Waals surface area contributed by atoms with Crippen molar-refractivity contribution in [2.75, 3.05) is 24.5 Å². The molecule has 0 amide bonds. The van der Waals surface area contributed by atoms with Crippen LogP contribution in [0.3, 0.4) is 0 Å². The van der Waals surface area contributed by atoms with Gasteiger partial charge in [0.25, 0.3) is 0 Å². The van der Waals surface area contributed by atoms with Gasteiger partial charge in [-0.3, -0.25) is 4.99 Å². The SMILES string of the molecule is C#CCN=Cc1ccccc1N(CC#C)CC#C. The van der Waals surface area contributed by atoms with Crippen LogP contribution in [0.5, 0.6) is 0 Å². The quantitative estimate of drug-likeness (QED) is 0.560. The van der Waals surface area contributed by atoms with E-state index in [1.54, 1.807) is 6.21 Å². The van der Waals surface area contributed by atoms with Gasteiger partial charge in [-0.15, -0.1) is 19.3 Å². The fourth-order valence-corrected chi connectivity index (χ4v) is 1.53. The second-order valence-electron chi connectivity index (χ2n) is 3.50. The molecule has 1 aromatic carbocycles. The summed E-state index contributed by atoms with van der Waals surface area (Å²) in [6, 6.07) is 7.79. The van der Waals surface area contributed by atoms with E-state index in [2.05, 4.69) is 22.8 Å². The van der Waals surface area contributed by atoms with Crippen LogP contribution < -0.4 is 4.90 Å². The summed E-state index contributed by atoms with van der Waals surface area (Å²) >= 11 is 0. The fourth-order valence-electron chi connectivity index (χ4n) is 1.53. The Morgan fingerprint density at radius 2 is 1.72 bits per heavy atom. The van der Waals surface area contributed by atoms with E-state index < -0.39 is 0 Å². The minimum atomic E-state index is 0.360. The van der Waals surface area contributed by atoms with E-state index >= 15 is 0 Å². The van der Waals surface area contributed by atoms with Crippen molar-refractivity contribution >= 4 is 11.9 Å². The molecule has 1 aromatic rings. The maximum absolute atomic E-state index is 5.35. The average Bonchev–Trinajstić information content (AvgIpc) is 2.39. The Balaban J connectivity index is 3.03. The number of rotatable bonds is 5. The zero-order valence-electron chi connectivity index (χ0n) is 10.1. The lowest BCUT2D eigenvalue weighted by atomic mass is 10.1. The first-order chi connectivity index (χ1) is 8.83. The van der Waals surface area contributed by atoms with E-state index in [1.807, 2.05) is 29.2 Å². The molecule has 0 aromatic heterocycles. The highest BCUT2D eigenvalue weighted by molar-refractivity contribution is 5.88. The van der Waals surface area contributed by atoms with Crippen molar-refractivity contribution in [2.24, 2.45) is 4.99 Å². The molecule has 0 heterocycles. The Labute approximate surface area is 109 Å². The lowest BCUT2D eigenvalue weighted by molar-refractivity contribution is 0.984. The van der Waals surface area contributed by atoms with Gasteiger partial charge >= 0.3 is 0 Å².